The number of nitro benzene ring substituents is 1. The molecule has 0 radical (unpaired) electrons. The van der Waals surface area contributed by atoms with Crippen molar-refractivity contribution in [1.82, 2.24) is 9.80 Å². The minimum absolute atomic E-state index is 0.0190. The lowest BCUT2D eigenvalue weighted by molar-refractivity contribution is -0.385. The second-order valence-corrected chi connectivity index (χ2v) is 7.77. The van der Waals surface area contributed by atoms with E-state index in [1.54, 1.807) is 12.1 Å². The summed E-state index contributed by atoms with van der Waals surface area (Å²) in [4.78, 5) is 29.3. The average molecular weight is 425 g/mol. The summed E-state index contributed by atoms with van der Waals surface area (Å²) in [5.74, 6) is 0.0190. The van der Waals surface area contributed by atoms with Gasteiger partial charge in [0.1, 0.15) is 0 Å². The maximum atomic E-state index is 13.8. The molecule has 0 N–H and O–H groups in total. The molecule has 2 atom stereocenters. The second kappa shape index (κ2) is 10.1. The van der Waals surface area contributed by atoms with E-state index in [1.807, 2.05) is 36.4 Å². The van der Waals surface area contributed by atoms with E-state index >= 15 is 0 Å². The van der Waals surface area contributed by atoms with Gasteiger partial charge in [-0.05, 0) is 5.56 Å². The van der Waals surface area contributed by atoms with Crippen LogP contribution in [0.3, 0.4) is 0 Å². The molecule has 4 rings (SSSR count). The Bertz CT molecular complexity index is 895. The van der Waals surface area contributed by atoms with Crippen LogP contribution in [0.1, 0.15) is 22.0 Å². The van der Waals surface area contributed by atoms with Crippen LogP contribution >= 0.6 is 0 Å². The number of carbonyl (C=O) groups excluding carboxylic acids is 1. The summed E-state index contributed by atoms with van der Waals surface area (Å²) in [5.41, 5.74) is 1.45. The molecule has 0 spiro atoms. The molecule has 0 bridgehead atoms. The number of benzene rings is 2. The molecule has 2 fully saturated rings. The number of morpholine rings is 2. The third-order valence-corrected chi connectivity index (χ3v) is 5.93. The zero-order chi connectivity index (χ0) is 21.6. The second-order valence-electron chi connectivity index (χ2n) is 7.77. The van der Waals surface area contributed by atoms with E-state index in [2.05, 4.69) is 9.80 Å². The number of nitrogens with zero attached hydrogens (tertiary/aromatic N) is 3. The van der Waals surface area contributed by atoms with Gasteiger partial charge in [-0.2, -0.15) is 0 Å². The maximum absolute atomic E-state index is 13.8. The van der Waals surface area contributed by atoms with Crippen molar-refractivity contribution in [1.29, 1.82) is 0 Å². The van der Waals surface area contributed by atoms with Crippen molar-refractivity contribution in [2.24, 2.45) is 0 Å². The molecule has 0 saturated carbocycles. The molecule has 0 aromatic heterocycles. The van der Waals surface area contributed by atoms with E-state index in [0.717, 1.165) is 5.56 Å². The third kappa shape index (κ3) is 4.99. The maximum Gasteiger partial charge on any atom is 0.269 e. The molecular formula is C23H27N3O5. The Hall–Kier alpha value is -2.65. The molecule has 0 amide bonds. The predicted octanol–water partition coefficient (Wildman–Crippen LogP) is 2.55. The van der Waals surface area contributed by atoms with Crippen LogP contribution in [-0.4, -0.2) is 79.2 Å². The molecule has 8 nitrogen and oxygen atoms in total. The van der Waals surface area contributed by atoms with E-state index in [1.165, 1.54) is 6.07 Å². The third-order valence-electron chi connectivity index (χ3n) is 5.93. The van der Waals surface area contributed by atoms with Gasteiger partial charge in [-0.1, -0.05) is 42.5 Å². The highest BCUT2D eigenvalue weighted by Gasteiger charge is 2.40. The minimum atomic E-state index is -0.480. The molecule has 2 aromatic rings. The molecule has 2 heterocycles. The number of ketones is 1. The van der Waals surface area contributed by atoms with Crippen LogP contribution in [0.5, 0.6) is 0 Å². The number of ether oxygens (including phenoxy) is 2. The van der Waals surface area contributed by atoms with Gasteiger partial charge in [0.05, 0.1) is 43.4 Å². The lowest BCUT2D eigenvalue weighted by Gasteiger charge is -2.44. The summed E-state index contributed by atoms with van der Waals surface area (Å²) in [6.07, 6.45) is 0. The largest absolute Gasteiger partial charge is 0.379 e. The van der Waals surface area contributed by atoms with E-state index in [0.29, 0.717) is 58.2 Å². The van der Waals surface area contributed by atoms with Gasteiger partial charge in [0, 0.05) is 43.9 Å². The fourth-order valence-electron chi connectivity index (χ4n) is 4.41. The Balaban J connectivity index is 1.79. The van der Waals surface area contributed by atoms with Crippen LogP contribution in [0.2, 0.25) is 0 Å². The predicted molar refractivity (Wildman–Crippen MR) is 115 cm³/mol. The SMILES string of the molecule is O=C(c1ccccc1)[C@H]([C@H](c1cccc([N+](=O)[O-])c1)N1CCOCC1)N1CCOCC1. The van der Waals surface area contributed by atoms with E-state index in [-0.39, 0.29) is 22.4 Å². The number of nitro groups is 1. The van der Waals surface area contributed by atoms with Crippen molar-refractivity contribution >= 4 is 11.5 Å². The van der Waals surface area contributed by atoms with Gasteiger partial charge in [-0.15, -0.1) is 0 Å². The summed E-state index contributed by atoms with van der Waals surface area (Å²) < 4.78 is 11.1. The van der Waals surface area contributed by atoms with Crippen LogP contribution in [0.15, 0.2) is 54.6 Å². The van der Waals surface area contributed by atoms with Gasteiger partial charge in [0.25, 0.3) is 5.69 Å². The zero-order valence-electron chi connectivity index (χ0n) is 17.4. The van der Waals surface area contributed by atoms with Crippen molar-refractivity contribution < 1.29 is 19.2 Å². The molecule has 0 unspecified atom stereocenters. The first-order valence-corrected chi connectivity index (χ1v) is 10.6. The number of Topliss-reactive ketones (excluding diaryl/α,β-unsaturated/α-hetero) is 1. The quantitative estimate of drug-likeness (QED) is 0.383. The molecule has 31 heavy (non-hydrogen) atoms. The summed E-state index contributed by atoms with van der Waals surface area (Å²) in [7, 11) is 0. The standard InChI is InChI=1S/C23H27N3O5/c27-23(18-5-2-1-3-6-18)22(25-11-15-31-16-12-25)21(24-9-13-30-14-10-24)19-7-4-8-20(17-19)26(28)29/h1-8,17,21-22H,9-16H2/t21-,22-/m0/s1. The highest BCUT2D eigenvalue weighted by Crippen LogP contribution is 2.33. The Labute approximate surface area is 181 Å². The topological polar surface area (TPSA) is 85.1 Å². The van der Waals surface area contributed by atoms with Crippen molar-refractivity contribution in [3.05, 3.63) is 75.8 Å². The lowest BCUT2D eigenvalue weighted by Crippen LogP contribution is -2.55. The molecule has 2 aliphatic heterocycles. The van der Waals surface area contributed by atoms with E-state index in [9.17, 15) is 14.9 Å². The molecule has 2 saturated heterocycles. The number of hydrogen-bond donors (Lipinski definition) is 0. The van der Waals surface area contributed by atoms with Gasteiger partial charge >= 0.3 is 0 Å². The van der Waals surface area contributed by atoms with Crippen molar-refractivity contribution in [2.45, 2.75) is 12.1 Å². The normalized spacial score (nSPS) is 20.1. The van der Waals surface area contributed by atoms with E-state index in [4.69, 9.17) is 9.47 Å². The van der Waals surface area contributed by atoms with Crippen LogP contribution in [0, 0.1) is 10.1 Å². The molecule has 164 valence electrons. The number of non-ortho nitro benzene ring substituents is 1. The highest BCUT2D eigenvalue weighted by molar-refractivity contribution is 6.00. The van der Waals surface area contributed by atoms with Crippen LogP contribution in [0.4, 0.5) is 5.69 Å². The first-order valence-electron chi connectivity index (χ1n) is 10.6. The molecule has 8 heteroatoms. The zero-order valence-corrected chi connectivity index (χ0v) is 17.4. The first-order chi connectivity index (χ1) is 15.1. The van der Waals surface area contributed by atoms with Crippen LogP contribution in [0.25, 0.3) is 0 Å². The smallest absolute Gasteiger partial charge is 0.269 e. The van der Waals surface area contributed by atoms with Gasteiger partial charge in [-0.3, -0.25) is 24.7 Å². The molecule has 0 aliphatic carbocycles. The minimum Gasteiger partial charge on any atom is -0.379 e. The number of hydrogen-bond acceptors (Lipinski definition) is 7. The Kier molecular flexibility index (Phi) is 7.03. The number of rotatable bonds is 7. The molecule has 2 aromatic carbocycles. The van der Waals surface area contributed by atoms with Crippen molar-refractivity contribution in [2.75, 3.05) is 52.6 Å². The molecule has 2 aliphatic rings. The number of carbonyl (C=O) groups is 1. The summed E-state index contributed by atoms with van der Waals surface area (Å²) >= 11 is 0. The van der Waals surface area contributed by atoms with Crippen molar-refractivity contribution in [3.8, 4) is 0 Å². The lowest BCUT2D eigenvalue weighted by atomic mass is 9.89. The summed E-state index contributed by atoms with van der Waals surface area (Å²) in [6, 6.07) is 15.2. The summed E-state index contributed by atoms with van der Waals surface area (Å²) in [6.45, 7) is 4.86. The Morgan fingerprint density at radius 1 is 0.871 bits per heavy atom. The van der Waals surface area contributed by atoms with Gasteiger partial charge in [-0.25, -0.2) is 0 Å². The molecular weight excluding hydrogens is 398 g/mol. The van der Waals surface area contributed by atoms with E-state index < -0.39 is 6.04 Å². The fraction of sp³-hybridized carbons (Fsp3) is 0.435. The fourth-order valence-corrected chi connectivity index (χ4v) is 4.41. The van der Waals surface area contributed by atoms with Gasteiger partial charge in [0.2, 0.25) is 0 Å². The average Bonchev–Trinajstić information content (AvgIpc) is 2.84. The Morgan fingerprint density at radius 3 is 2.10 bits per heavy atom. The van der Waals surface area contributed by atoms with Gasteiger partial charge < -0.3 is 9.47 Å². The van der Waals surface area contributed by atoms with Crippen LogP contribution in [-0.2, 0) is 9.47 Å². The highest BCUT2D eigenvalue weighted by atomic mass is 16.6. The van der Waals surface area contributed by atoms with Crippen molar-refractivity contribution in [3.63, 3.8) is 0 Å². The Morgan fingerprint density at radius 2 is 1.48 bits per heavy atom. The monoisotopic (exact) mass is 425 g/mol. The van der Waals surface area contributed by atoms with Crippen LogP contribution < -0.4 is 0 Å². The first kappa shape index (κ1) is 21.6. The van der Waals surface area contributed by atoms with Gasteiger partial charge in [0.15, 0.2) is 5.78 Å². The summed E-state index contributed by atoms with van der Waals surface area (Å²) in [5, 5.41) is 11.5.